The van der Waals surface area contributed by atoms with Crippen LogP contribution in [0.1, 0.15) is 44.6 Å². The van der Waals surface area contributed by atoms with Gasteiger partial charge in [-0.2, -0.15) is 0 Å². The second kappa shape index (κ2) is 9.53. The first-order chi connectivity index (χ1) is 10.9. The second-order valence-electron chi connectivity index (χ2n) is 6.20. The van der Waals surface area contributed by atoms with Gasteiger partial charge in [0, 0.05) is 5.41 Å². The maximum Gasteiger partial charge on any atom is 0.306 e. The molecule has 130 valence electrons. The fraction of sp³-hybridized carbons (Fsp3) is 0.611. The fourth-order valence-electron chi connectivity index (χ4n) is 2.85. The van der Waals surface area contributed by atoms with Gasteiger partial charge in [0.05, 0.1) is 19.1 Å². The van der Waals surface area contributed by atoms with Crippen molar-refractivity contribution in [2.24, 2.45) is 0 Å². The van der Waals surface area contributed by atoms with Crippen LogP contribution in [0.2, 0.25) is 0 Å². The fourth-order valence-corrected chi connectivity index (χ4v) is 2.85. The zero-order valence-corrected chi connectivity index (χ0v) is 14.3. The van der Waals surface area contributed by atoms with Crippen molar-refractivity contribution in [1.29, 1.82) is 0 Å². The molecule has 0 aromatic heterocycles. The summed E-state index contributed by atoms with van der Waals surface area (Å²) < 4.78 is 5.47. The third-order valence-corrected chi connectivity index (χ3v) is 4.24. The summed E-state index contributed by atoms with van der Waals surface area (Å²) >= 11 is 0. The molecule has 1 aromatic rings. The molecule has 3 N–H and O–H groups in total. The van der Waals surface area contributed by atoms with E-state index >= 15 is 0 Å². The second-order valence-corrected chi connectivity index (χ2v) is 6.20. The van der Waals surface area contributed by atoms with Gasteiger partial charge < -0.3 is 20.3 Å². The van der Waals surface area contributed by atoms with Crippen LogP contribution >= 0.6 is 0 Å². The number of carboxylic acid groups (broad SMARTS) is 1. The van der Waals surface area contributed by atoms with Crippen LogP contribution in [0.25, 0.3) is 0 Å². The number of carboxylic acids is 1. The molecule has 1 aliphatic carbocycles. The smallest absolute Gasteiger partial charge is 0.306 e. The Bertz CT molecular complexity index is 492. The number of hydrogen-bond acceptors (Lipinski definition) is 4. The molecule has 0 amide bonds. The lowest BCUT2D eigenvalue weighted by molar-refractivity contribution is -0.137. The van der Waals surface area contributed by atoms with Crippen molar-refractivity contribution in [1.82, 2.24) is 5.32 Å². The lowest BCUT2D eigenvalue weighted by Gasteiger charge is -2.39. The van der Waals surface area contributed by atoms with E-state index in [-0.39, 0.29) is 24.5 Å². The van der Waals surface area contributed by atoms with Crippen molar-refractivity contribution in [3.05, 3.63) is 29.8 Å². The maximum atomic E-state index is 10.5. The SMILES string of the molecule is CC1(c2cccc(OCCC(=O)O)c2)CCCCC1O.CNC. The first-order valence-electron chi connectivity index (χ1n) is 8.15. The predicted octanol–water partition coefficient (Wildman–Crippen LogP) is 2.57. The number of carbonyl (C=O) groups is 1. The molecule has 5 heteroatoms. The quantitative estimate of drug-likeness (QED) is 0.776. The molecule has 2 atom stereocenters. The van der Waals surface area contributed by atoms with E-state index in [9.17, 15) is 9.90 Å². The Kier molecular flexibility index (Phi) is 8.06. The minimum absolute atomic E-state index is 0.00980. The number of ether oxygens (including phenoxy) is 1. The molecule has 0 spiro atoms. The normalized spacial score (nSPS) is 23.6. The van der Waals surface area contributed by atoms with Gasteiger partial charge in [0.1, 0.15) is 5.75 Å². The van der Waals surface area contributed by atoms with Gasteiger partial charge in [0.15, 0.2) is 0 Å². The number of benzene rings is 1. The van der Waals surface area contributed by atoms with Gasteiger partial charge in [-0.25, -0.2) is 0 Å². The monoisotopic (exact) mass is 323 g/mol. The zero-order valence-electron chi connectivity index (χ0n) is 14.3. The standard InChI is InChI=1S/C16H22O4.C2H7N/c1-16(9-3-2-7-14(16)17)12-5-4-6-13(11-12)20-10-8-15(18)19;1-3-2/h4-6,11,14,17H,2-3,7-10H2,1H3,(H,18,19);3H,1-2H3. The first-order valence-corrected chi connectivity index (χ1v) is 8.15. The van der Waals surface area contributed by atoms with Gasteiger partial charge in [-0.05, 0) is 44.6 Å². The van der Waals surface area contributed by atoms with E-state index in [0.717, 1.165) is 31.2 Å². The third kappa shape index (κ3) is 5.84. The Balaban J connectivity index is 0.000000816. The Hall–Kier alpha value is -1.59. The van der Waals surface area contributed by atoms with Crippen LogP contribution in [0.15, 0.2) is 24.3 Å². The van der Waals surface area contributed by atoms with Crippen LogP contribution in [0.5, 0.6) is 5.75 Å². The van der Waals surface area contributed by atoms with E-state index < -0.39 is 5.97 Å². The molecule has 5 nitrogen and oxygen atoms in total. The van der Waals surface area contributed by atoms with Gasteiger partial charge in [-0.15, -0.1) is 0 Å². The summed E-state index contributed by atoms with van der Waals surface area (Å²) in [4.78, 5) is 10.5. The molecule has 2 rings (SSSR count). The number of aliphatic hydroxyl groups is 1. The van der Waals surface area contributed by atoms with Crippen LogP contribution in [-0.4, -0.2) is 43.0 Å². The molecule has 0 aliphatic heterocycles. The van der Waals surface area contributed by atoms with Crippen molar-refractivity contribution in [3.8, 4) is 5.75 Å². The highest BCUT2D eigenvalue weighted by molar-refractivity contribution is 5.66. The van der Waals surface area contributed by atoms with Crippen molar-refractivity contribution in [3.63, 3.8) is 0 Å². The van der Waals surface area contributed by atoms with Gasteiger partial charge >= 0.3 is 5.97 Å². The molecule has 1 aromatic carbocycles. The lowest BCUT2D eigenvalue weighted by Crippen LogP contribution is -2.39. The highest BCUT2D eigenvalue weighted by Gasteiger charge is 2.37. The van der Waals surface area contributed by atoms with E-state index in [1.807, 2.05) is 38.4 Å². The van der Waals surface area contributed by atoms with E-state index in [4.69, 9.17) is 9.84 Å². The molecular formula is C18H29NO4. The average molecular weight is 323 g/mol. The Morgan fingerprint density at radius 2 is 2.09 bits per heavy atom. The third-order valence-electron chi connectivity index (χ3n) is 4.24. The Morgan fingerprint density at radius 3 is 2.70 bits per heavy atom. The molecular weight excluding hydrogens is 294 g/mol. The summed E-state index contributed by atoms with van der Waals surface area (Å²) in [6.45, 7) is 2.26. The predicted molar refractivity (Wildman–Crippen MR) is 91.0 cm³/mol. The van der Waals surface area contributed by atoms with Crippen LogP contribution in [-0.2, 0) is 10.2 Å². The van der Waals surface area contributed by atoms with Crippen molar-refractivity contribution >= 4 is 5.97 Å². The summed E-state index contributed by atoms with van der Waals surface area (Å²) in [6, 6.07) is 7.66. The number of rotatable bonds is 5. The number of nitrogens with one attached hydrogen (secondary N) is 1. The minimum atomic E-state index is -0.865. The minimum Gasteiger partial charge on any atom is -0.493 e. The summed E-state index contributed by atoms with van der Waals surface area (Å²) in [7, 11) is 3.75. The van der Waals surface area contributed by atoms with Crippen LogP contribution < -0.4 is 10.1 Å². The summed E-state index contributed by atoms with van der Waals surface area (Å²) in [5.74, 6) is -0.196. The zero-order chi connectivity index (χ0) is 17.3. The molecule has 2 unspecified atom stereocenters. The van der Waals surface area contributed by atoms with Crippen LogP contribution in [0.3, 0.4) is 0 Å². The largest absolute Gasteiger partial charge is 0.493 e. The molecule has 0 heterocycles. The van der Waals surface area contributed by atoms with Gasteiger partial charge in [-0.1, -0.05) is 31.9 Å². The number of hydrogen-bond donors (Lipinski definition) is 3. The van der Waals surface area contributed by atoms with Crippen molar-refractivity contribution < 1.29 is 19.7 Å². The van der Waals surface area contributed by atoms with E-state index in [1.165, 1.54) is 0 Å². The van der Waals surface area contributed by atoms with E-state index in [1.54, 1.807) is 0 Å². The molecule has 1 saturated carbocycles. The maximum absolute atomic E-state index is 10.5. The lowest BCUT2D eigenvalue weighted by atomic mass is 9.69. The van der Waals surface area contributed by atoms with Crippen molar-refractivity contribution in [2.75, 3.05) is 20.7 Å². The van der Waals surface area contributed by atoms with Crippen molar-refractivity contribution in [2.45, 2.75) is 50.5 Å². The van der Waals surface area contributed by atoms with Gasteiger partial charge in [-0.3, -0.25) is 4.79 Å². The molecule has 0 radical (unpaired) electrons. The summed E-state index contributed by atoms with van der Waals surface area (Å²) in [5, 5.41) is 21.7. The molecule has 0 bridgehead atoms. The van der Waals surface area contributed by atoms with E-state index in [0.29, 0.717) is 5.75 Å². The average Bonchev–Trinajstić information content (AvgIpc) is 2.51. The first kappa shape index (κ1) is 19.5. The Labute approximate surface area is 138 Å². The van der Waals surface area contributed by atoms with Gasteiger partial charge in [0.25, 0.3) is 0 Å². The van der Waals surface area contributed by atoms with E-state index in [2.05, 4.69) is 12.2 Å². The number of aliphatic carboxylic acids is 1. The molecule has 1 aliphatic rings. The Morgan fingerprint density at radius 1 is 1.39 bits per heavy atom. The topological polar surface area (TPSA) is 78.8 Å². The molecule has 1 fully saturated rings. The van der Waals surface area contributed by atoms with Crippen LogP contribution in [0, 0.1) is 0 Å². The van der Waals surface area contributed by atoms with Crippen LogP contribution in [0.4, 0.5) is 0 Å². The van der Waals surface area contributed by atoms with Gasteiger partial charge in [0.2, 0.25) is 0 Å². The molecule has 0 saturated heterocycles. The number of aliphatic hydroxyl groups excluding tert-OH is 1. The summed E-state index contributed by atoms with van der Waals surface area (Å²) in [6.07, 6.45) is 3.66. The summed E-state index contributed by atoms with van der Waals surface area (Å²) in [5.41, 5.74) is 0.835. The highest BCUT2D eigenvalue weighted by Crippen LogP contribution is 2.40. The molecule has 23 heavy (non-hydrogen) atoms. The highest BCUT2D eigenvalue weighted by atomic mass is 16.5.